The molecule has 0 bridgehead atoms. The number of hydrogen-bond donors (Lipinski definition) is 1. The van der Waals surface area contributed by atoms with Crippen LogP contribution in [0, 0.1) is 24.1 Å². The van der Waals surface area contributed by atoms with Crippen LogP contribution in [0.5, 0.6) is 0 Å². The Morgan fingerprint density at radius 2 is 1.94 bits per heavy atom. The molecule has 0 amide bonds. The molecule has 36 heavy (non-hydrogen) atoms. The number of rotatable bonds is 5. The topological polar surface area (TPSA) is 94.8 Å². The summed E-state index contributed by atoms with van der Waals surface area (Å²) in [5.41, 5.74) is 6.92. The Morgan fingerprint density at radius 1 is 1.14 bits per heavy atom. The number of carbonyl (C=O) groups excluding carboxylic acids is 1. The number of benzene rings is 2. The van der Waals surface area contributed by atoms with Gasteiger partial charge in [-0.05, 0) is 60.9 Å². The second kappa shape index (κ2) is 11.2. The highest BCUT2D eigenvalue weighted by atomic mass is 19.1. The molecule has 1 aliphatic heterocycles. The van der Waals surface area contributed by atoms with Gasteiger partial charge in [0, 0.05) is 49.4 Å². The number of aldehydes is 1. The van der Waals surface area contributed by atoms with E-state index in [4.69, 9.17) is 0 Å². The molecule has 0 fully saturated rings. The maximum absolute atomic E-state index is 12.6. The molecule has 0 saturated heterocycles. The summed E-state index contributed by atoms with van der Waals surface area (Å²) in [7, 11) is 2.02. The van der Waals surface area contributed by atoms with E-state index in [0.717, 1.165) is 41.3 Å². The van der Waals surface area contributed by atoms with E-state index in [1.165, 1.54) is 11.6 Å². The highest BCUT2D eigenvalue weighted by Crippen LogP contribution is 2.34. The molecule has 7 nitrogen and oxygen atoms in total. The van der Waals surface area contributed by atoms with Crippen LogP contribution in [0.15, 0.2) is 67.0 Å². The lowest BCUT2D eigenvalue weighted by Crippen LogP contribution is -2.13. The number of anilines is 3. The van der Waals surface area contributed by atoms with Crippen molar-refractivity contribution in [1.29, 1.82) is 5.26 Å². The lowest BCUT2D eigenvalue weighted by molar-refractivity contribution is -0.107. The Balaban J connectivity index is 0.000000256. The number of nitriles is 1. The molecule has 1 aliphatic rings. The number of aromatic nitrogens is 3. The molecule has 0 radical (unpaired) electrons. The third-order valence-electron chi connectivity index (χ3n) is 5.77. The summed E-state index contributed by atoms with van der Waals surface area (Å²) >= 11 is 0. The van der Waals surface area contributed by atoms with Crippen molar-refractivity contribution in [2.24, 2.45) is 0 Å². The molecule has 180 valence electrons. The van der Waals surface area contributed by atoms with Crippen molar-refractivity contribution in [3.8, 4) is 17.3 Å². The summed E-state index contributed by atoms with van der Waals surface area (Å²) in [6.45, 7) is 2.87. The van der Waals surface area contributed by atoms with Gasteiger partial charge in [0.25, 0.3) is 0 Å². The maximum atomic E-state index is 12.6. The fourth-order valence-electron chi connectivity index (χ4n) is 4.05. The first-order chi connectivity index (χ1) is 17.5. The van der Waals surface area contributed by atoms with Crippen molar-refractivity contribution in [3.05, 3.63) is 95.2 Å². The van der Waals surface area contributed by atoms with Crippen molar-refractivity contribution in [1.82, 2.24) is 15.0 Å². The monoisotopic (exact) mass is 480 g/mol. The molecular formula is C28H25FN6O. The SMILES string of the molecule is Cc1cc(Nc2nccc(-c3cc(C#N)c4c(c3)CCN4C)n2)ccn1.O=CCc1ccccc1F. The zero-order valence-corrected chi connectivity index (χ0v) is 20.1. The van der Waals surface area contributed by atoms with Crippen molar-refractivity contribution < 1.29 is 9.18 Å². The van der Waals surface area contributed by atoms with Crippen LogP contribution in [0.1, 0.15) is 22.4 Å². The van der Waals surface area contributed by atoms with Gasteiger partial charge < -0.3 is 15.0 Å². The summed E-state index contributed by atoms with van der Waals surface area (Å²) in [5, 5.41) is 12.7. The number of fused-ring (bicyclic) bond motifs is 1. The summed E-state index contributed by atoms with van der Waals surface area (Å²) in [6.07, 6.45) is 5.27. The van der Waals surface area contributed by atoms with E-state index in [9.17, 15) is 14.4 Å². The quantitative estimate of drug-likeness (QED) is 0.401. The Labute approximate surface area is 209 Å². The molecule has 0 spiro atoms. The molecule has 0 atom stereocenters. The maximum Gasteiger partial charge on any atom is 0.227 e. The van der Waals surface area contributed by atoms with Crippen molar-refractivity contribution in [3.63, 3.8) is 0 Å². The number of pyridine rings is 1. The number of aryl methyl sites for hydroxylation is 1. The Bertz CT molecular complexity index is 1430. The van der Waals surface area contributed by atoms with Gasteiger partial charge in [0.15, 0.2) is 0 Å². The molecule has 0 aliphatic carbocycles. The number of nitrogens with zero attached hydrogens (tertiary/aromatic N) is 5. The van der Waals surface area contributed by atoms with Gasteiger partial charge in [-0.25, -0.2) is 14.4 Å². The highest BCUT2D eigenvalue weighted by molar-refractivity contribution is 5.75. The summed E-state index contributed by atoms with van der Waals surface area (Å²) in [4.78, 5) is 25.2. The fraction of sp³-hybridized carbons (Fsp3) is 0.179. The molecule has 0 unspecified atom stereocenters. The van der Waals surface area contributed by atoms with Crippen molar-refractivity contribution >= 4 is 23.6 Å². The molecule has 1 N–H and O–H groups in total. The van der Waals surface area contributed by atoms with Gasteiger partial charge in [-0.3, -0.25) is 4.98 Å². The minimum atomic E-state index is -0.311. The van der Waals surface area contributed by atoms with Gasteiger partial charge in [0.2, 0.25) is 5.95 Å². The molecule has 2 aromatic heterocycles. The van der Waals surface area contributed by atoms with E-state index in [2.05, 4.69) is 37.3 Å². The smallest absolute Gasteiger partial charge is 0.227 e. The van der Waals surface area contributed by atoms with Crippen molar-refractivity contribution in [2.45, 2.75) is 19.8 Å². The molecular weight excluding hydrogens is 455 g/mol. The van der Waals surface area contributed by atoms with Gasteiger partial charge in [-0.15, -0.1) is 0 Å². The average Bonchev–Trinajstić information content (AvgIpc) is 3.26. The number of nitrogens with one attached hydrogen (secondary N) is 1. The molecule has 4 aromatic rings. The zero-order valence-electron chi connectivity index (χ0n) is 20.1. The van der Waals surface area contributed by atoms with E-state index in [1.807, 2.05) is 38.2 Å². The molecule has 8 heteroatoms. The van der Waals surface area contributed by atoms with Gasteiger partial charge >= 0.3 is 0 Å². The van der Waals surface area contributed by atoms with Crippen LogP contribution in [0.4, 0.5) is 21.7 Å². The molecule has 5 rings (SSSR count). The van der Waals surface area contributed by atoms with Crippen LogP contribution in [0.25, 0.3) is 11.3 Å². The first-order valence-corrected chi connectivity index (χ1v) is 11.5. The minimum absolute atomic E-state index is 0.159. The largest absolute Gasteiger partial charge is 0.373 e. The van der Waals surface area contributed by atoms with E-state index in [-0.39, 0.29) is 12.2 Å². The predicted molar refractivity (Wildman–Crippen MR) is 138 cm³/mol. The van der Waals surface area contributed by atoms with Crippen molar-refractivity contribution in [2.75, 3.05) is 23.8 Å². The standard InChI is InChI=1S/C20H18N6.C8H7FO/c1-13-9-17(3-6-22-13)24-20-23-7-4-18(25-20)15-10-14-5-8-26(2)19(14)16(11-15)12-21;9-8-4-2-1-3-7(8)5-6-10/h3-4,6-7,9-11H,5,8H2,1-2H3,(H,22,23,24,25);1-4,6H,5H2. The van der Waals surface area contributed by atoms with Gasteiger partial charge in [-0.1, -0.05) is 18.2 Å². The lowest BCUT2D eigenvalue weighted by atomic mass is 10.0. The summed E-state index contributed by atoms with van der Waals surface area (Å²) in [5.74, 6) is 0.207. The molecule has 0 saturated carbocycles. The number of likely N-dealkylation sites (N-methyl/N-ethyl adjacent to an activating group) is 1. The Kier molecular flexibility index (Phi) is 7.61. The van der Waals surface area contributed by atoms with E-state index < -0.39 is 0 Å². The van der Waals surface area contributed by atoms with Gasteiger partial charge in [0.1, 0.15) is 18.2 Å². The van der Waals surface area contributed by atoms with E-state index in [0.29, 0.717) is 23.4 Å². The Morgan fingerprint density at radius 3 is 2.69 bits per heavy atom. The second-order valence-electron chi connectivity index (χ2n) is 8.35. The number of hydrogen-bond acceptors (Lipinski definition) is 7. The Hall–Kier alpha value is -4.64. The van der Waals surface area contributed by atoms with Gasteiger partial charge in [0.05, 0.1) is 16.9 Å². The fourth-order valence-corrected chi connectivity index (χ4v) is 4.05. The van der Waals surface area contributed by atoms with Crippen LogP contribution in [-0.4, -0.2) is 34.8 Å². The highest BCUT2D eigenvalue weighted by Gasteiger charge is 2.21. The van der Waals surface area contributed by atoms with Crippen LogP contribution < -0.4 is 10.2 Å². The van der Waals surface area contributed by atoms with Crippen LogP contribution in [-0.2, 0) is 17.6 Å². The second-order valence-corrected chi connectivity index (χ2v) is 8.35. The van der Waals surface area contributed by atoms with Crippen LogP contribution in [0.3, 0.4) is 0 Å². The van der Waals surface area contributed by atoms with E-state index in [1.54, 1.807) is 30.6 Å². The van der Waals surface area contributed by atoms with Crippen LogP contribution >= 0.6 is 0 Å². The number of carbonyl (C=O) groups is 1. The van der Waals surface area contributed by atoms with Crippen LogP contribution in [0.2, 0.25) is 0 Å². The van der Waals surface area contributed by atoms with E-state index >= 15 is 0 Å². The average molecular weight is 481 g/mol. The zero-order chi connectivity index (χ0) is 25.5. The molecule has 2 aromatic carbocycles. The first-order valence-electron chi connectivity index (χ1n) is 11.5. The lowest BCUT2D eigenvalue weighted by Gasteiger charge is -2.14. The predicted octanol–water partition coefficient (Wildman–Crippen LogP) is 5.02. The van der Waals surface area contributed by atoms with Gasteiger partial charge in [-0.2, -0.15) is 5.26 Å². The number of halogens is 1. The summed E-state index contributed by atoms with van der Waals surface area (Å²) in [6, 6.07) is 18.3. The third-order valence-corrected chi connectivity index (χ3v) is 5.77. The third kappa shape index (κ3) is 5.70. The normalized spacial score (nSPS) is 11.7. The molecule has 3 heterocycles. The first kappa shape index (κ1) is 24.5. The minimum Gasteiger partial charge on any atom is -0.373 e. The summed E-state index contributed by atoms with van der Waals surface area (Å²) < 4.78 is 12.6.